The zero-order valence-electron chi connectivity index (χ0n) is 9.56. The van der Waals surface area contributed by atoms with Crippen molar-refractivity contribution >= 4 is 44.7 Å². The van der Waals surface area contributed by atoms with E-state index in [1.807, 2.05) is 0 Å². The molecule has 5 heteroatoms. The Kier molecular flexibility index (Phi) is 2.92. The summed E-state index contributed by atoms with van der Waals surface area (Å²) in [5.74, 6) is -0.284. The van der Waals surface area contributed by atoms with Crippen molar-refractivity contribution in [1.82, 2.24) is 0 Å². The summed E-state index contributed by atoms with van der Waals surface area (Å²) in [6, 6.07) is 11.8. The number of carbonyl (C=O) groups excluding carboxylic acids is 1. The molecule has 19 heavy (non-hydrogen) atoms. The van der Waals surface area contributed by atoms with E-state index < -0.39 is 0 Å². The van der Waals surface area contributed by atoms with Gasteiger partial charge in [0.05, 0.1) is 10.0 Å². The van der Waals surface area contributed by atoms with Crippen LogP contribution in [0.3, 0.4) is 0 Å². The summed E-state index contributed by atoms with van der Waals surface area (Å²) >= 11 is 9.20. The Morgan fingerprint density at radius 2 is 1.89 bits per heavy atom. The zero-order valence-corrected chi connectivity index (χ0v) is 11.9. The number of hydrogen-bond donors (Lipinski definition) is 0. The van der Waals surface area contributed by atoms with Gasteiger partial charge in [-0.25, -0.2) is 0 Å². The Hall–Kier alpha value is -1.65. The number of halogens is 2. The number of fused-ring (bicyclic) bond motifs is 1. The standard InChI is InChI=1S/C14H7BrClNO2/c15-11-6-2-5-10-13(11)17(19)12(14(10)18)8-3-1-4-9(16)7-8/h1-7H. The largest absolute Gasteiger partial charge is 0.618 e. The average Bonchev–Trinajstić information content (AvgIpc) is 2.63. The van der Waals surface area contributed by atoms with E-state index in [9.17, 15) is 10.0 Å². The molecule has 0 bridgehead atoms. The van der Waals surface area contributed by atoms with Crippen molar-refractivity contribution in [2.45, 2.75) is 0 Å². The van der Waals surface area contributed by atoms with Crippen LogP contribution in [0.5, 0.6) is 0 Å². The minimum Gasteiger partial charge on any atom is -0.618 e. The predicted octanol–water partition coefficient (Wildman–Crippen LogP) is 3.93. The van der Waals surface area contributed by atoms with Gasteiger partial charge in [-0.05, 0) is 46.3 Å². The first-order chi connectivity index (χ1) is 9.09. The van der Waals surface area contributed by atoms with Crippen LogP contribution in [0.15, 0.2) is 46.9 Å². The second kappa shape index (κ2) is 4.47. The molecule has 1 aliphatic heterocycles. The molecule has 0 N–H and O–H groups in total. The maximum Gasteiger partial charge on any atom is 0.273 e. The minimum atomic E-state index is -0.284. The van der Waals surface area contributed by atoms with Crippen molar-refractivity contribution in [1.29, 1.82) is 0 Å². The average molecular weight is 337 g/mol. The summed E-state index contributed by atoms with van der Waals surface area (Å²) in [5, 5.41) is 12.8. The molecule has 0 atom stereocenters. The van der Waals surface area contributed by atoms with Crippen LogP contribution in [-0.4, -0.2) is 16.2 Å². The van der Waals surface area contributed by atoms with Crippen molar-refractivity contribution in [3.05, 3.63) is 68.3 Å². The van der Waals surface area contributed by atoms with E-state index in [1.54, 1.807) is 42.5 Å². The van der Waals surface area contributed by atoms with Crippen LogP contribution >= 0.6 is 27.5 Å². The van der Waals surface area contributed by atoms with E-state index in [1.165, 1.54) is 0 Å². The molecule has 1 aliphatic rings. The third-order valence-electron chi connectivity index (χ3n) is 2.95. The lowest BCUT2D eigenvalue weighted by Gasteiger charge is -2.03. The van der Waals surface area contributed by atoms with Crippen LogP contribution in [0.2, 0.25) is 5.02 Å². The van der Waals surface area contributed by atoms with Gasteiger partial charge in [-0.15, -0.1) is 0 Å². The Morgan fingerprint density at radius 1 is 1.16 bits per heavy atom. The van der Waals surface area contributed by atoms with Gasteiger partial charge in [0.15, 0.2) is 0 Å². The normalized spacial score (nSPS) is 13.9. The van der Waals surface area contributed by atoms with Gasteiger partial charge < -0.3 is 5.21 Å². The first kappa shape index (κ1) is 12.4. The SMILES string of the molecule is O=C1C(c2cccc(Cl)c2)=[N+]([O-])c2c(Br)cccc21. The molecule has 2 aromatic carbocycles. The predicted molar refractivity (Wildman–Crippen MR) is 77.3 cm³/mol. The molecule has 0 amide bonds. The fourth-order valence-corrected chi connectivity index (χ4v) is 2.84. The maximum absolute atomic E-state index is 12.3. The molecule has 0 fully saturated rings. The van der Waals surface area contributed by atoms with Gasteiger partial charge in [0, 0.05) is 5.02 Å². The molecule has 1 heterocycles. The van der Waals surface area contributed by atoms with Crippen molar-refractivity contribution in [2.75, 3.05) is 0 Å². The molecule has 3 rings (SSSR count). The van der Waals surface area contributed by atoms with Crippen LogP contribution in [0, 0.1) is 5.21 Å². The first-order valence-electron chi connectivity index (χ1n) is 5.53. The van der Waals surface area contributed by atoms with Crippen molar-refractivity contribution in [3.8, 4) is 0 Å². The Labute approximate surface area is 122 Å². The lowest BCUT2D eigenvalue weighted by molar-refractivity contribution is -0.356. The van der Waals surface area contributed by atoms with Crippen LogP contribution in [0.1, 0.15) is 15.9 Å². The summed E-state index contributed by atoms with van der Waals surface area (Å²) in [5.41, 5.74) is 1.38. The van der Waals surface area contributed by atoms with Gasteiger partial charge in [0.2, 0.25) is 5.69 Å². The van der Waals surface area contributed by atoms with Gasteiger partial charge >= 0.3 is 0 Å². The monoisotopic (exact) mass is 335 g/mol. The molecule has 0 radical (unpaired) electrons. The molecule has 2 aromatic rings. The van der Waals surface area contributed by atoms with Crippen molar-refractivity contribution < 1.29 is 9.53 Å². The van der Waals surface area contributed by atoms with E-state index >= 15 is 0 Å². The summed E-state index contributed by atoms with van der Waals surface area (Å²) in [7, 11) is 0. The van der Waals surface area contributed by atoms with Gasteiger partial charge in [-0.1, -0.05) is 23.7 Å². The number of para-hydroxylation sites is 1. The third-order valence-corrected chi connectivity index (χ3v) is 3.83. The number of carbonyl (C=O) groups is 1. The second-order valence-electron chi connectivity index (χ2n) is 4.12. The minimum absolute atomic E-state index is 0.101. The number of Topliss-reactive ketones (excluding diaryl/α,β-unsaturated/α-hetero) is 1. The molecule has 0 saturated heterocycles. The fourth-order valence-electron chi connectivity index (χ4n) is 2.12. The van der Waals surface area contributed by atoms with Crippen molar-refractivity contribution in [2.24, 2.45) is 0 Å². The third kappa shape index (κ3) is 1.88. The van der Waals surface area contributed by atoms with E-state index in [4.69, 9.17) is 11.6 Å². The molecule has 94 valence electrons. The van der Waals surface area contributed by atoms with Crippen LogP contribution in [0.4, 0.5) is 5.69 Å². The van der Waals surface area contributed by atoms with Gasteiger partial charge in [0.25, 0.3) is 11.5 Å². The Balaban J connectivity index is 2.25. The topological polar surface area (TPSA) is 43.1 Å². The molecule has 3 nitrogen and oxygen atoms in total. The van der Waals surface area contributed by atoms with Gasteiger partial charge in [-0.2, -0.15) is 4.74 Å². The fraction of sp³-hybridized carbons (Fsp3) is 0. The van der Waals surface area contributed by atoms with Gasteiger partial charge in [-0.3, -0.25) is 4.79 Å². The summed E-state index contributed by atoms with van der Waals surface area (Å²) in [4.78, 5) is 12.3. The highest BCUT2D eigenvalue weighted by Crippen LogP contribution is 2.34. The quantitative estimate of drug-likeness (QED) is 0.585. The Bertz CT molecular complexity index is 740. The summed E-state index contributed by atoms with van der Waals surface area (Å²) in [6.45, 7) is 0. The molecular weight excluding hydrogens is 330 g/mol. The van der Waals surface area contributed by atoms with E-state index in [2.05, 4.69) is 15.9 Å². The molecule has 0 spiro atoms. The molecule has 0 unspecified atom stereocenters. The highest BCUT2D eigenvalue weighted by atomic mass is 79.9. The number of hydrogen-bond acceptors (Lipinski definition) is 2. The van der Waals surface area contributed by atoms with E-state index in [0.29, 0.717) is 31.0 Å². The molecular formula is C14H7BrClNO2. The van der Waals surface area contributed by atoms with Crippen LogP contribution in [0.25, 0.3) is 0 Å². The highest BCUT2D eigenvalue weighted by molar-refractivity contribution is 9.10. The number of rotatable bonds is 1. The second-order valence-corrected chi connectivity index (χ2v) is 5.41. The van der Waals surface area contributed by atoms with Crippen LogP contribution < -0.4 is 0 Å². The first-order valence-corrected chi connectivity index (χ1v) is 6.70. The lowest BCUT2D eigenvalue weighted by atomic mass is 10.0. The van der Waals surface area contributed by atoms with Crippen LogP contribution in [-0.2, 0) is 0 Å². The van der Waals surface area contributed by atoms with E-state index in [0.717, 1.165) is 0 Å². The zero-order chi connectivity index (χ0) is 13.6. The molecule has 0 aliphatic carbocycles. The van der Waals surface area contributed by atoms with Crippen molar-refractivity contribution in [3.63, 3.8) is 0 Å². The smallest absolute Gasteiger partial charge is 0.273 e. The number of benzene rings is 2. The van der Waals surface area contributed by atoms with Gasteiger partial charge in [0.1, 0.15) is 5.56 Å². The summed E-state index contributed by atoms with van der Waals surface area (Å²) in [6.07, 6.45) is 0. The summed E-state index contributed by atoms with van der Waals surface area (Å²) < 4.78 is 1.26. The highest BCUT2D eigenvalue weighted by Gasteiger charge is 2.37. The van der Waals surface area contributed by atoms with E-state index in [-0.39, 0.29) is 11.5 Å². The Morgan fingerprint density at radius 3 is 2.58 bits per heavy atom. The maximum atomic E-state index is 12.3. The number of ketones is 1. The molecule has 0 aromatic heterocycles. The molecule has 0 saturated carbocycles. The number of nitrogens with zero attached hydrogens (tertiary/aromatic N) is 1. The lowest BCUT2D eigenvalue weighted by Crippen LogP contribution is -2.16.